The quantitative estimate of drug-likeness (QED) is 0.703. The smallest absolute Gasteiger partial charge is 0.0687 e. The Morgan fingerprint density at radius 1 is 1.21 bits per heavy atom. The molecule has 1 N–H and O–H groups in total. The normalized spacial score (nSPS) is 15.3. The molecule has 3 heteroatoms. The highest BCUT2D eigenvalue weighted by Gasteiger charge is 2.17. The maximum atomic E-state index is 4.63. The molecule has 4 rings (SSSR count). The van der Waals surface area contributed by atoms with Crippen molar-refractivity contribution in [1.82, 2.24) is 9.97 Å². The molecule has 2 aromatic heterocycles. The van der Waals surface area contributed by atoms with E-state index < -0.39 is 0 Å². The van der Waals surface area contributed by atoms with Gasteiger partial charge in [-0.3, -0.25) is 9.98 Å². The van der Waals surface area contributed by atoms with Crippen molar-refractivity contribution in [3.8, 4) is 0 Å². The third kappa shape index (κ3) is 1.51. The Morgan fingerprint density at radius 3 is 2.95 bits per heavy atom. The van der Waals surface area contributed by atoms with E-state index in [-0.39, 0.29) is 0 Å². The zero-order valence-corrected chi connectivity index (χ0v) is 10.9. The van der Waals surface area contributed by atoms with E-state index in [1.54, 1.807) is 0 Å². The molecule has 0 saturated heterocycles. The summed E-state index contributed by atoms with van der Waals surface area (Å²) in [7, 11) is 0. The standard InChI is InChI=1S/C16H15N3/c1-10-16-15(11-5-2-3-6-14(11)19-16)12(9-18-10)13-7-4-8-17-13/h2-3,5-6,9,19H,4,7-8H2,1H3. The van der Waals surface area contributed by atoms with Crippen LogP contribution >= 0.6 is 0 Å². The molecule has 3 nitrogen and oxygen atoms in total. The number of hydrogen-bond donors (Lipinski definition) is 1. The molecule has 0 spiro atoms. The molecule has 0 atom stereocenters. The fourth-order valence-corrected chi connectivity index (χ4v) is 2.96. The van der Waals surface area contributed by atoms with E-state index in [0.717, 1.165) is 30.6 Å². The average molecular weight is 249 g/mol. The van der Waals surface area contributed by atoms with E-state index in [2.05, 4.69) is 46.1 Å². The number of hydrogen-bond acceptors (Lipinski definition) is 2. The van der Waals surface area contributed by atoms with E-state index in [0.29, 0.717) is 0 Å². The van der Waals surface area contributed by atoms with Gasteiger partial charge in [-0.1, -0.05) is 18.2 Å². The van der Waals surface area contributed by atoms with Crippen LogP contribution in [0, 0.1) is 6.92 Å². The minimum atomic E-state index is 0.951. The largest absolute Gasteiger partial charge is 0.353 e. The fraction of sp³-hybridized carbons (Fsp3) is 0.250. The molecule has 94 valence electrons. The number of aromatic nitrogens is 2. The van der Waals surface area contributed by atoms with Gasteiger partial charge in [0.2, 0.25) is 0 Å². The van der Waals surface area contributed by atoms with Crippen LogP contribution in [0.15, 0.2) is 35.5 Å². The SMILES string of the molecule is Cc1ncc(C2=NCCC2)c2c1[nH]c1ccccc12. The van der Waals surface area contributed by atoms with Crippen LogP contribution in [0.25, 0.3) is 21.8 Å². The Kier molecular flexibility index (Phi) is 2.21. The molecule has 0 saturated carbocycles. The summed E-state index contributed by atoms with van der Waals surface area (Å²) in [5.74, 6) is 0. The van der Waals surface area contributed by atoms with Crippen LogP contribution in [0.1, 0.15) is 24.1 Å². The molecule has 3 aromatic rings. The predicted octanol–water partition coefficient (Wildman–Crippen LogP) is 3.61. The van der Waals surface area contributed by atoms with Gasteiger partial charge in [-0.05, 0) is 25.8 Å². The minimum Gasteiger partial charge on any atom is -0.353 e. The number of fused-ring (bicyclic) bond motifs is 3. The summed E-state index contributed by atoms with van der Waals surface area (Å²) >= 11 is 0. The van der Waals surface area contributed by atoms with Crippen LogP contribution in [0.4, 0.5) is 0 Å². The lowest BCUT2D eigenvalue weighted by molar-refractivity contribution is 0.951. The van der Waals surface area contributed by atoms with Crippen molar-refractivity contribution in [3.05, 3.63) is 41.7 Å². The Balaban J connectivity index is 2.16. The van der Waals surface area contributed by atoms with Crippen LogP contribution < -0.4 is 0 Å². The van der Waals surface area contributed by atoms with Crippen LogP contribution in [-0.2, 0) is 0 Å². The minimum absolute atomic E-state index is 0.951. The maximum Gasteiger partial charge on any atom is 0.0687 e. The molecule has 0 bridgehead atoms. The summed E-state index contributed by atoms with van der Waals surface area (Å²) in [4.78, 5) is 12.7. The van der Waals surface area contributed by atoms with Crippen molar-refractivity contribution in [2.45, 2.75) is 19.8 Å². The van der Waals surface area contributed by atoms with E-state index in [4.69, 9.17) is 0 Å². The molecular formula is C16H15N3. The second-order valence-electron chi connectivity index (χ2n) is 5.11. The van der Waals surface area contributed by atoms with Gasteiger partial charge in [0, 0.05) is 40.3 Å². The first-order chi connectivity index (χ1) is 9.34. The van der Waals surface area contributed by atoms with Crippen LogP contribution in [-0.4, -0.2) is 22.2 Å². The van der Waals surface area contributed by atoms with Gasteiger partial charge in [0.1, 0.15) is 0 Å². The number of benzene rings is 1. The second-order valence-corrected chi connectivity index (χ2v) is 5.11. The molecule has 0 aliphatic carbocycles. The molecule has 0 fully saturated rings. The zero-order chi connectivity index (χ0) is 12.8. The Labute approximate surface area is 111 Å². The molecule has 0 amide bonds. The number of aromatic amines is 1. The van der Waals surface area contributed by atoms with Gasteiger partial charge >= 0.3 is 0 Å². The van der Waals surface area contributed by atoms with Crippen LogP contribution in [0.2, 0.25) is 0 Å². The summed E-state index contributed by atoms with van der Waals surface area (Å²) < 4.78 is 0. The molecule has 0 radical (unpaired) electrons. The Bertz CT molecular complexity index is 811. The van der Waals surface area contributed by atoms with Gasteiger partial charge in [-0.15, -0.1) is 0 Å². The monoisotopic (exact) mass is 249 g/mol. The van der Waals surface area contributed by atoms with Crippen molar-refractivity contribution in [1.29, 1.82) is 0 Å². The van der Waals surface area contributed by atoms with Gasteiger partial charge in [0.25, 0.3) is 0 Å². The van der Waals surface area contributed by atoms with E-state index in [9.17, 15) is 0 Å². The summed E-state index contributed by atoms with van der Waals surface area (Å²) in [6, 6.07) is 8.44. The van der Waals surface area contributed by atoms with E-state index in [1.807, 2.05) is 6.20 Å². The van der Waals surface area contributed by atoms with E-state index in [1.165, 1.54) is 27.6 Å². The molecular weight excluding hydrogens is 234 g/mol. The van der Waals surface area contributed by atoms with Crippen LogP contribution in [0.3, 0.4) is 0 Å². The van der Waals surface area contributed by atoms with Crippen molar-refractivity contribution in [3.63, 3.8) is 0 Å². The lowest BCUT2D eigenvalue weighted by Gasteiger charge is -2.05. The highest BCUT2D eigenvalue weighted by Crippen LogP contribution is 2.31. The Hall–Kier alpha value is -2.16. The fourth-order valence-electron chi connectivity index (χ4n) is 2.96. The lowest BCUT2D eigenvalue weighted by Crippen LogP contribution is -1.99. The first-order valence-corrected chi connectivity index (χ1v) is 6.74. The maximum absolute atomic E-state index is 4.63. The average Bonchev–Trinajstić information content (AvgIpc) is 3.06. The second kappa shape index (κ2) is 3.92. The number of rotatable bonds is 1. The summed E-state index contributed by atoms with van der Waals surface area (Å²) in [6.07, 6.45) is 4.22. The number of pyridine rings is 1. The molecule has 3 heterocycles. The molecule has 1 aromatic carbocycles. The van der Waals surface area contributed by atoms with Crippen molar-refractivity contribution in [2.24, 2.45) is 4.99 Å². The number of aryl methyl sites for hydroxylation is 1. The summed E-state index contributed by atoms with van der Waals surface area (Å²) in [5.41, 5.74) is 5.79. The van der Waals surface area contributed by atoms with Gasteiger partial charge in [-0.2, -0.15) is 0 Å². The molecule has 0 unspecified atom stereocenters. The number of nitrogens with zero attached hydrogens (tertiary/aromatic N) is 2. The van der Waals surface area contributed by atoms with Crippen molar-refractivity contribution in [2.75, 3.05) is 6.54 Å². The van der Waals surface area contributed by atoms with Gasteiger partial charge in [0.05, 0.1) is 11.2 Å². The topological polar surface area (TPSA) is 41.0 Å². The lowest BCUT2D eigenvalue weighted by atomic mass is 10.0. The van der Waals surface area contributed by atoms with Gasteiger partial charge in [0.15, 0.2) is 0 Å². The van der Waals surface area contributed by atoms with E-state index >= 15 is 0 Å². The summed E-state index contributed by atoms with van der Waals surface area (Å²) in [6.45, 7) is 3.00. The van der Waals surface area contributed by atoms with Crippen molar-refractivity contribution < 1.29 is 0 Å². The van der Waals surface area contributed by atoms with Gasteiger partial charge < -0.3 is 4.98 Å². The number of H-pyrrole nitrogens is 1. The molecule has 1 aliphatic rings. The highest BCUT2D eigenvalue weighted by atomic mass is 14.8. The number of nitrogens with one attached hydrogen (secondary N) is 1. The van der Waals surface area contributed by atoms with Crippen LogP contribution in [0.5, 0.6) is 0 Å². The molecule has 1 aliphatic heterocycles. The van der Waals surface area contributed by atoms with Crippen molar-refractivity contribution >= 4 is 27.5 Å². The Morgan fingerprint density at radius 2 is 2.11 bits per heavy atom. The van der Waals surface area contributed by atoms with Gasteiger partial charge in [-0.25, -0.2) is 0 Å². The molecule has 19 heavy (non-hydrogen) atoms. The zero-order valence-electron chi connectivity index (χ0n) is 10.9. The number of aliphatic imine (C=N–C) groups is 1. The highest BCUT2D eigenvalue weighted by molar-refractivity contribution is 6.20. The third-order valence-corrected chi connectivity index (χ3v) is 3.91. The first-order valence-electron chi connectivity index (χ1n) is 6.74. The first kappa shape index (κ1) is 10.7. The third-order valence-electron chi connectivity index (χ3n) is 3.91. The summed E-state index contributed by atoms with van der Waals surface area (Å²) in [5, 5.41) is 2.55. The number of para-hydroxylation sites is 1. The predicted molar refractivity (Wildman–Crippen MR) is 79.0 cm³/mol.